The highest BCUT2D eigenvalue weighted by Gasteiger charge is 2.16. The van der Waals surface area contributed by atoms with Crippen molar-refractivity contribution in [1.82, 2.24) is 5.32 Å². The van der Waals surface area contributed by atoms with Crippen molar-refractivity contribution < 1.29 is 19.1 Å². The van der Waals surface area contributed by atoms with E-state index < -0.39 is 11.7 Å². The number of hydrogen-bond donors (Lipinski definition) is 2. The molecule has 1 aromatic rings. The molecule has 0 aromatic heterocycles. The molecule has 0 heterocycles. The summed E-state index contributed by atoms with van der Waals surface area (Å²) >= 11 is 0. The number of benzene rings is 1. The van der Waals surface area contributed by atoms with Gasteiger partial charge in [-0.25, -0.2) is 9.59 Å². The van der Waals surface area contributed by atoms with Crippen molar-refractivity contribution in [3.63, 3.8) is 0 Å². The van der Waals surface area contributed by atoms with Gasteiger partial charge in [-0.2, -0.15) is 0 Å². The first kappa shape index (κ1) is 19.0. The summed E-state index contributed by atoms with van der Waals surface area (Å²) in [6.45, 7) is 7.89. The first-order valence-corrected chi connectivity index (χ1v) is 7.72. The fourth-order valence-electron chi connectivity index (χ4n) is 1.92. The molecule has 1 rings (SSSR count). The molecule has 23 heavy (non-hydrogen) atoms. The molecule has 0 aliphatic heterocycles. The van der Waals surface area contributed by atoms with Gasteiger partial charge in [0.1, 0.15) is 5.60 Å². The summed E-state index contributed by atoms with van der Waals surface area (Å²) in [6.07, 6.45) is 0.0656. The van der Waals surface area contributed by atoms with Crippen LogP contribution in [0.4, 0.5) is 4.79 Å². The summed E-state index contributed by atoms with van der Waals surface area (Å²) in [5, 5.41) is 2.66. The number of carbonyl (C=O) groups is 2. The molecule has 1 aromatic carbocycles. The number of nitrogens with two attached hydrogens (primary N) is 1. The van der Waals surface area contributed by atoms with Crippen LogP contribution in [-0.2, 0) is 9.47 Å². The third kappa shape index (κ3) is 7.15. The minimum atomic E-state index is -0.528. The Morgan fingerprint density at radius 1 is 1.30 bits per heavy atom. The van der Waals surface area contributed by atoms with Crippen molar-refractivity contribution in [3.05, 3.63) is 35.4 Å². The maximum Gasteiger partial charge on any atom is 0.407 e. The summed E-state index contributed by atoms with van der Waals surface area (Å²) in [7, 11) is 0. The average Bonchev–Trinajstić information content (AvgIpc) is 2.45. The molecule has 1 amide bonds. The molecule has 1 unspecified atom stereocenters. The van der Waals surface area contributed by atoms with Crippen LogP contribution in [-0.4, -0.2) is 30.8 Å². The third-order valence-corrected chi connectivity index (χ3v) is 2.95. The van der Waals surface area contributed by atoms with E-state index in [-0.39, 0.29) is 12.0 Å². The van der Waals surface area contributed by atoms with E-state index in [4.69, 9.17) is 15.2 Å². The second-order valence-electron chi connectivity index (χ2n) is 6.17. The molecule has 0 radical (unpaired) electrons. The molecule has 3 N–H and O–H groups in total. The van der Waals surface area contributed by atoms with E-state index in [9.17, 15) is 9.59 Å². The van der Waals surface area contributed by atoms with Crippen molar-refractivity contribution in [3.8, 4) is 0 Å². The number of ether oxygens (including phenoxy) is 2. The number of rotatable bonds is 6. The maximum atomic E-state index is 11.7. The molecule has 0 saturated carbocycles. The van der Waals surface area contributed by atoms with E-state index >= 15 is 0 Å². The Kier molecular flexibility index (Phi) is 7.03. The largest absolute Gasteiger partial charge is 0.462 e. The van der Waals surface area contributed by atoms with Gasteiger partial charge in [0.15, 0.2) is 0 Å². The third-order valence-electron chi connectivity index (χ3n) is 2.95. The van der Waals surface area contributed by atoms with Crippen LogP contribution in [0.25, 0.3) is 0 Å². The zero-order valence-electron chi connectivity index (χ0n) is 14.2. The van der Waals surface area contributed by atoms with E-state index in [1.165, 1.54) is 0 Å². The lowest BCUT2D eigenvalue weighted by Crippen LogP contribution is -2.34. The van der Waals surface area contributed by atoms with E-state index in [0.717, 1.165) is 5.56 Å². The molecule has 1 atom stereocenters. The summed E-state index contributed by atoms with van der Waals surface area (Å²) in [5.74, 6) is -0.367. The second kappa shape index (κ2) is 8.53. The lowest BCUT2D eigenvalue weighted by atomic mass is 10.0. The fraction of sp³-hybridized carbons (Fsp3) is 0.529. The van der Waals surface area contributed by atoms with Gasteiger partial charge < -0.3 is 20.5 Å². The Hall–Kier alpha value is -2.08. The molecule has 0 aliphatic rings. The van der Waals surface area contributed by atoms with Gasteiger partial charge in [-0.15, -0.1) is 0 Å². The smallest absolute Gasteiger partial charge is 0.407 e. The van der Waals surface area contributed by atoms with Crippen LogP contribution in [0.3, 0.4) is 0 Å². The van der Waals surface area contributed by atoms with Crippen molar-refractivity contribution in [2.24, 2.45) is 5.73 Å². The van der Waals surface area contributed by atoms with Crippen LogP contribution >= 0.6 is 0 Å². The molecule has 6 heteroatoms. The highest BCUT2D eigenvalue weighted by Crippen LogP contribution is 2.16. The number of alkyl carbamates (subject to hydrolysis) is 1. The van der Waals surface area contributed by atoms with Crippen LogP contribution in [0, 0.1) is 0 Å². The normalized spacial score (nSPS) is 12.4. The van der Waals surface area contributed by atoms with E-state index in [0.29, 0.717) is 25.1 Å². The van der Waals surface area contributed by atoms with Gasteiger partial charge in [-0.05, 0) is 51.8 Å². The summed E-state index contributed by atoms with van der Waals surface area (Å²) in [5.41, 5.74) is 6.87. The highest BCUT2D eigenvalue weighted by atomic mass is 16.6. The van der Waals surface area contributed by atoms with Gasteiger partial charge in [0, 0.05) is 12.6 Å². The molecular weight excluding hydrogens is 296 g/mol. The SMILES string of the molecule is CCOC(=O)c1cccc(C(N)CCNC(=O)OC(C)(C)C)c1. The van der Waals surface area contributed by atoms with Gasteiger partial charge in [-0.1, -0.05) is 12.1 Å². The maximum absolute atomic E-state index is 11.7. The molecule has 0 aliphatic carbocycles. The molecule has 0 spiro atoms. The van der Waals surface area contributed by atoms with Gasteiger partial charge in [-0.3, -0.25) is 0 Å². The first-order valence-electron chi connectivity index (χ1n) is 7.72. The van der Waals surface area contributed by atoms with Crippen molar-refractivity contribution in [2.75, 3.05) is 13.2 Å². The molecule has 0 fully saturated rings. The van der Waals surface area contributed by atoms with Gasteiger partial charge in [0.25, 0.3) is 0 Å². The van der Waals surface area contributed by atoms with Crippen LogP contribution in [0.1, 0.15) is 56.1 Å². The average molecular weight is 322 g/mol. The minimum absolute atomic E-state index is 0.292. The number of esters is 1. The standard InChI is InChI=1S/C17H26N2O4/c1-5-22-15(20)13-8-6-7-12(11-13)14(18)9-10-19-16(21)23-17(2,3)4/h6-8,11,14H,5,9-10,18H2,1-4H3,(H,19,21). The Morgan fingerprint density at radius 2 is 2.00 bits per heavy atom. The Labute approximate surface area is 137 Å². The predicted molar refractivity (Wildman–Crippen MR) is 88.2 cm³/mol. The number of nitrogens with one attached hydrogen (secondary N) is 1. The van der Waals surface area contributed by atoms with E-state index in [2.05, 4.69) is 5.32 Å². The van der Waals surface area contributed by atoms with Crippen molar-refractivity contribution in [2.45, 2.75) is 45.8 Å². The molecule has 0 bridgehead atoms. The van der Waals surface area contributed by atoms with Gasteiger partial charge in [0.2, 0.25) is 0 Å². The molecule has 128 valence electrons. The number of hydrogen-bond acceptors (Lipinski definition) is 5. The Bertz CT molecular complexity index is 538. The first-order chi connectivity index (χ1) is 10.7. The lowest BCUT2D eigenvalue weighted by Gasteiger charge is -2.20. The Balaban J connectivity index is 2.52. The highest BCUT2D eigenvalue weighted by molar-refractivity contribution is 5.89. The summed E-state index contributed by atoms with van der Waals surface area (Å²) in [4.78, 5) is 23.3. The summed E-state index contributed by atoms with van der Waals surface area (Å²) < 4.78 is 10.1. The lowest BCUT2D eigenvalue weighted by molar-refractivity contribution is 0.0516. The molecular formula is C17H26N2O4. The number of carbonyl (C=O) groups excluding carboxylic acids is 2. The second-order valence-corrected chi connectivity index (χ2v) is 6.17. The predicted octanol–water partition coefficient (Wildman–Crippen LogP) is 2.78. The molecule has 6 nitrogen and oxygen atoms in total. The molecule has 0 saturated heterocycles. The van der Waals surface area contributed by atoms with Crippen molar-refractivity contribution >= 4 is 12.1 Å². The van der Waals surface area contributed by atoms with E-state index in [1.54, 1.807) is 45.9 Å². The fourth-order valence-corrected chi connectivity index (χ4v) is 1.92. The van der Waals surface area contributed by atoms with Crippen LogP contribution < -0.4 is 11.1 Å². The van der Waals surface area contributed by atoms with Crippen LogP contribution in [0.2, 0.25) is 0 Å². The van der Waals surface area contributed by atoms with Crippen LogP contribution in [0.5, 0.6) is 0 Å². The van der Waals surface area contributed by atoms with Gasteiger partial charge in [0.05, 0.1) is 12.2 Å². The Morgan fingerprint density at radius 3 is 2.61 bits per heavy atom. The topological polar surface area (TPSA) is 90.6 Å². The number of amides is 1. The minimum Gasteiger partial charge on any atom is -0.462 e. The summed E-state index contributed by atoms with van der Waals surface area (Å²) in [6, 6.07) is 6.73. The zero-order chi connectivity index (χ0) is 17.5. The van der Waals surface area contributed by atoms with Crippen molar-refractivity contribution in [1.29, 1.82) is 0 Å². The van der Waals surface area contributed by atoms with Crippen LogP contribution in [0.15, 0.2) is 24.3 Å². The quantitative estimate of drug-likeness (QED) is 0.786. The zero-order valence-corrected chi connectivity index (χ0v) is 14.2. The van der Waals surface area contributed by atoms with Gasteiger partial charge >= 0.3 is 12.1 Å². The van der Waals surface area contributed by atoms with E-state index in [1.807, 2.05) is 6.07 Å². The monoisotopic (exact) mass is 322 g/mol.